The number of nitrogens with one attached hydrogen (secondary N) is 2. The Labute approximate surface area is 141 Å². The van der Waals surface area contributed by atoms with Gasteiger partial charge in [0.1, 0.15) is 5.69 Å². The lowest BCUT2D eigenvalue weighted by atomic mass is 10.1. The number of aromatic nitrogens is 1. The Bertz CT molecular complexity index is 856. The van der Waals surface area contributed by atoms with Crippen molar-refractivity contribution in [2.45, 2.75) is 25.7 Å². The topological polar surface area (TPSA) is 97.4 Å². The van der Waals surface area contributed by atoms with Gasteiger partial charge in [-0.05, 0) is 49.2 Å². The van der Waals surface area contributed by atoms with E-state index in [-0.39, 0.29) is 22.4 Å². The highest BCUT2D eigenvalue weighted by atomic mass is 32.2. The predicted molar refractivity (Wildman–Crippen MR) is 91.8 cm³/mol. The molecule has 0 bridgehead atoms. The van der Waals surface area contributed by atoms with Gasteiger partial charge in [0.25, 0.3) is 10.0 Å². The maximum absolute atomic E-state index is 12.8. The fourth-order valence-electron chi connectivity index (χ4n) is 2.48. The minimum absolute atomic E-state index is 0.155. The number of benzene rings is 1. The van der Waals surface area contributed by atoms with Crippen LogP contribution < -0.4 is 14.8 Å². The number of hydrogen-bond donors (Lipinski definition) is 2. The fourth-order valence-corrected chi connectivity index (χ4v) is 3.99. The van der Waals surface area contributed by atoms with Crippen LogP contribution in [-0.2, 0) is 14.8 Å². The Morgan fingerprint density at radius 2 is 1.83 bits per heavy atom. The van der Waals surface area contributed by atoms with Crippen molar-refractivity contribution in [3.63, 3.8) is 0 Å². The molecule has 2 aromatic rings. The van der Waals surface area contributed by atoms with E-state index in [9.17, 15) is 13.2 Å². The van der Waals surface area contributed by atoms with Crippen LogP contribution in [0.1, 0.15) is 18.1 Å². The number of anilines is 2. The van der Waals surface area contributed by atoms with Crippen LogP contribution >= 0.6 is 0 Å². The number of methoxy groups -OCH3 is 1. The number of rotatable bonds is 5. The first-order valence-electron chi connectivity index (χ1n) is 7.15. The van der Waals surface area contributed by atoms with E-state index >= 15 is 0 Å². The van der Waals surface area contributed by atoms with Gasteiger partial charge >= 0.3 is 0 Å². The first-order chi connectivity index (χ1) is 11.2. The van der Waals surface area contributed by atoms with E-state index in [0.717, 1.165) is 0 Å². The second kappa shape index (κ2) is 6.88. The number of pyridine rings is 1. The van der Waals surface area contributed by atoms with Crippen LogP contribution in [0.2, 0.25) is 0 Å². The standard InChI is InChI=1S/C16H19N3O4S/c1-10-8-13(18-12(3)20)9-11(2)15(10)24(21,22)19-14-6-5-7-17-16(14)23-4/h5-9,19H,1-4H3,(H,18,20). The highest BCUT2D eigenvalue weighted by Gasteiger charge is 2.22. The van der Waals surface area contributed by atoms with Crippen molar-refractivity contribution in [1.82, 2.24) is 4.98 Å². The van der Waals surface area contributed by atoms with Gasteiger partial charge in [0, 0.05) is 18.8 Å². The number of amides is 1. The summed E-state index contributed by atoms with van der Waals surface area (Å²) in [6, 6.07) is 6.41. The minimum Gasteiger partial charge on any atom is -0.480 e. The average molecular weight is 349 g/mol. The van der Waals surface area contributed by atoms with Gasteiger partial charge in [-0.15, -0.1) is 0 Å². The van der Waals surface area contributed by atoms with Gasteiger partial charge < -0.3 is 10.1 Å². The quantitative estimate of drug-likeness (QED) is 0.864. The number of carbonyl (C=O) groups excluding carboxylic acids is 1. The molecule has 0 spiro atoms. The average Bonchev–Trinajstić information content (AvgIpc) is 2.45. The fraction of sp³-hybridized carbons (Fsp3) is 0.250. The molecule has 1 aromatic carbocycles. The van der Waals surface area contributed by atoms with Crippen LogP contribution in [0.5, 0.6) is 5.88 Å². The first kappa shape index (κ1) is 17.7. The molecule has 1 amide bonds. The minimum atomic E-state index is -3.84. The molecule has 2 N–H and O–H groups in total. The molecule has 0 radical (unpaired) electrons. The van der Waals surface area contributed by atoms with Crippen molar-refractivity contribution >= 4 is 27.3 Å². The number of hydrogen-bond acceptors (Lipinski definition) is 5. The number of aryl methyl sites for hydroxylation is 2. The molecule has 0 fully saturated rings. The van der Waals surface area contributed by atoms with Crippen molar-refractivity contribution in [2.24, 2.45) is 0 Å². The number of sulfonamides is 1. The third-order valence-corrected chi connectivity index (χ3v) is 4.93. The summed E-state index contributed by atoms with van der Waals surface area (Å²) in [5.74, 6) is -0.0334. The highest BCUT2D eigenvalue weighted by Crippen LogP contribution is 2.29. The molecular formula is C16H19N3O4S. The zero-order valence-corrected chi connectivity index (χ0v) is 14.7. The molecule has 1 heterocycles. The Kier molecular flexibility index (Phi) is 5.08. The Morgan fingerprint density at radius 1 is 1.21 bits per heavy atom. The zero-order valence-electron chi connectivity index (χ0n) is 13.9. The van der Waals surface area contributed by atoms with Crippen molar-refractivity contribution in [1.29, 1.82) is 0 Å². The molecular weight excluding hydrogens is 330 g/mol. The largest absolute Gasteiger partial charge is 0.480 e. The third kappa shape index (κ3) is 3.83. The molecule has 2 rings (SSSR count). The number of nitrogens with zero attached hydrogens (tertiary/aromatic N) is 1. The monoisotopic (exact) mass is 349 g/mol. The molecule has 1 aromatic heterocycles. The van der Waals surface area contributed by atoms with E-state index in [4.69, 9.17) is 4.74 Å². The van der Waals surface area contributed by atoms with Gasteiger partial charge in [-0.2, -0.15) is 0 Å². The summed E-state index contributed by atoms with van der Waals surface area (Å²) in [5, 5.41) is 2.65. The molecule has 0 unspecified atom stereocenters. The molecule has 0 atom stereocenters. The summed E-state index contributed by atoms with van der Waals surface area (Å²) in [4.78, 5) is 15.3. The van der Waals surface area contributed by atoms with Crippen molar-refractivity contribution in [2.75, 3.05) is 17.1 Å². The summed E-state index contributed by atoms with van der Waals surface area (Å²) in [6.07, 6.45) is 1.51. The molecule has 0 saturated carbocycles. The maximum atomic E-state index is 12.8. The normalized spacial score (nSPS) is 11.0. The van der Waals surface area contributed by atoms with Crippen LogP contribution in [0, 0.1) is 13.8 Å². The Balaban J connectivity index is 2.44. The van der Waals surface area contributed by atoms with Gasteiger partial charge in [-0.25, -0.2) is 13.4 Å². The number of carbonyl (C=O) groups is 1. The van der Waals surface area contributed by atoms with E-state index in [1.807, 2.05) is 0 Å². The molecule has 0 aliphatic carbocycles. The van der Waals surface area contributed by atoms with Gasteiger partial charge in [-0.3, -0.25) is 9.52 Å². The SMILES string of the molecule is COc1ncccc1NS(=O)(=O)c1c(C)cc(NC(C)=O)cc1C. The molecule has 0 aliphatic heterocycles. The van der Waals surface area contributed by atoms with Crippen LogP contribution in [0.4, 0.5) is 11.4 Å². The van der Waals surface area contributed by atoms with Crippen LogP contribution in [0.25, 0.3) is 0 Å². The molecule has 8 heteroatoms. The van der Waals surface area contributed by atoms with Gasteiger partial charge in [0.15, 0.2) is 0 Å². The summed E-state index contributed by atoms with van der Waals surface area (Å²) in [7, 11) is -2.42. The molecule has 0 aliphatic rings. The summed E-state index contributed by atoms with van der Waals surface area (Å²) in [5.41, 5.74) is 1.85. The van der Waals surface area contributed by atoms with E-state index in [0.29, 0.717) is 16.8 Å². The lowest BCUT2D eigenvalue weighted by Crippen LogP contribution is -2.17. The lowest BCUT2D eigenvalue weighted by Gasteiger charge is -2.15. The second-order valence-corrected chi connectivity index (χ2v) is 6.91. The summed E-state index contributed by atoms with van der Waals surface area (Å²) in [6.45, 7) is 4.74. The smallest absolute Gasteiger partial charge is 0.262 e. The zero-order chi connectivity index (χ0) is 17.9. The summed E-state index contributed by atoms with van der Waals surface area (Å²) < 4.78 is 33.1. The van der Waals surface area contributed by atoms with Crippen LogP contribution in [0.3, 0.4) is 0 Å². The Hall–Kier alpha value is -2.61. The highest BCUT2D eigenvalue weighted by molar-refractivity contribution is 7.92. The van der Waals surface area contributed by atoms with E-state index in [1.54, 1.807) is 38.1 Å². The third-order valence-electron chi connectivity index (χ3n) is 3.26. The van der Waals surface area contributed by atoms with Gasteiger partial charge in [0.2, 0.25) is 11.8 Å². The molecule has 24 heavy (non-hydrogen) atoms. The van der Waals surface area contributed by atoms with Crippen LogP contribution in [0.15, 0.2) is 35.4 Å². The molecule has 128 valence electrons. The van der Waals surface area contributed by atoms with Gasteiger partial charge in [0.05, 0.1) is 12.0 Å². The van der Waals surface area contributed by atoms with Crippen molar-refractivity contribution < 1.29 is 17.9 Å². The predicted octanol–water partition coefficient (Wildman–Crippen LogP) is 2.47. The molecule has 7 nitrogen and oxygen atoms in total. The summed E-state index contributed by atoms with van der Waals surface area (Å²) >= 11 is 0. The number of ether oxygens (including phenoxy) is 1. The lowest BCUT2D eigenvalue weighted by molar-refractivity contribution is -0.114. The first-order valence-corrected chi connectivity index (χ1v) is 8.63. The second-order valence-electron chi connectivity index (χ2n) is 5.29. The maximum Gasteiger partial charge on any atom is 0.262 e. The van der Waals surface area contributed by atoms with Crippen molar-refractivity contribution in [3.05, 3.63) is 41.6 Å². The van der Waals surface area contributed by atoms with E-state index in [1.165, 1.54) is 20.2 Å². The van der Waals surface area contributed by atoms with Gasteiger partial charge in [-0.1, -0.05) is 0 Å². The Morgan fingerprint density at radius 3 is 2.38 bits per heavy atom. The van der Waals surface area contributed by atoms with E-state index in [2.05, 4.69) is 15.0 Å². The van der Waals surface area contributed by atoms with Crippen LogP contribution in [-0.4, -0.2) is 26.4 Å². The van der Waals surface area contributed by atoms with Crippen molar-refractivity contribution in [3.8, 4) is 5.88 Å². The van der Waals surface area contributed by atoms with E-state index < -0.39 is 10.0 Å². The molecule has 0 saturated heterocycles.